The molecule has 0 aliphatic carbocycles. The van der Waals surface area contributed by atoms with Gasteiger partial charge in [-0.2, -0.15) is 0 Å². The Bertz CT molecular complexity index is 466. The fraction of sp³-hybridized carbons (Fsp3) is 0.600. The van der Waals surface area contributed by atoms with Crippen molar-refractivity contribution in [2.75, 3.05) is 33.7 Å². The summed E-state index contributed by atoms with van der Waals surface area (Å²) in [6.45, 7) is 4.84. The van der Waals surface area contributed by atoms with Crippen LogP contribution in [-0.4, -0.2) is 49.6 Å². The number of likely N-dealkylation sites (tertiary alicyclic amines) is 1. The van der Waals surface area contributed by atoms with Gasteiger partial charge in [-0.1, -0.05) is 28.9 Å². The van der Waals surface area contributed by atoms with E-state index in [4.69, 9.17) is 5.73 Å². The molecular weight excluding hydrogens is 321 g/mol. The van der Waals surface area contributed by atoms with Crippen LogP contribution in [0.4, 0.5) is 4.39 Å². The molecule has 2 rings (SSSR count). The van der Waals surface area contributed by atoms with Gasteiger partial charge in [0.1, 0.15) is 5.82 Å². The highest BCUT2D eigenvalue weighted by Gasteiger charge is 2.35. The van der Waals surface area contributed by atoms with Crippen molar-refractivity contribution >= 4 is 15.9 Å². The normalized spacial score (nSPS) is 25.4. The number of rotatable bonds is 4. The van der Waals surface area contributed by atoms with Crippen LogP contribution in [0.15, 0.2) is 22.7 Å². The predicted octanol–water partition coefficient (Wildman–Crippen LogP) is 2.47. The van der Waals surface area contributed by atoms with Crippen LogP contribution in [0.25, 0.3) is 0 Å². The standard InChI is InChI=1S/C15H23BrFN3/c1-10-8-20(9-15(10)19(2)3)14(7-18)12-5-4-11(17)6-13(12)16/h4-6,10,14-15H,7-9,18H2,1-3H3. The average molecular weight is 344 g/mol. The molecule has 1 aromatic rings. The van der Waals surface area contributed by atoms with Gasteiger partial charge in [-0.25, -0.2) is 4.39 Å². The van der Waals surface area contributed by atoms with Crippen molar-refractivity contribution in [3.8, 4) is 0 Å². The van der Waals surface area contributed by atoms with Gasteiger partial charge in [0.15, 0.2) is 0 Å². The van der Waals surface area contributed by atoms with Gasteiger partial charge in [0.25, 0.3) is 0 Å². The van der Waals surface area contributed by atoms with Gasteiger partial charge >= 0.3 is 0 Å². The van der Waals surface area contributed by atoms with E-state index >= 15 is 0 Å². The van der Waals surface area contributed by atoms with Gasteiger partial charge in [0.2, 0.25) is 0 Å². The molecule has 5 heteroatoms. The van der Waals surface area contributed by atoms with Crippen LogP contribution in [0.2, 0.25) is 0 Å². The molecule has 0 spiro atoms. The maximum atomic E-state index is 13.2. The minimum Gasteiger partial charge on any atom is -0.329 e. The van der Waals surface area contributed by atoms with E-state index in [9.17, 15) is 4.39 Å². The Labute approximate surface area is 129 Å². The summed E-state index contributed by atoms with van der Waals surface area (Å²) >= 11 is 3.46. The van der Waals surface area contributed by atoms with E-state index in [0.29, 0.717) is 18.5 Å². The molecule has 20 heavy (non-hydrogen) atoms. The Kier molecular flexibility index (Phi) is 5.18. The summed E-state index contributed by atoms with van der Waals surface area (Å²) in [6.07, 6.45) is 0. The topological polar surface area (TPSA) is 32.5 Å². The Morgan fingerprint density at radius 2 is 2.15 bits per heavy atom. The van der Waals surface area contributed by atoms with Gasteiger partial charge in [-0.15, -0.1) is 0 Å². The van der Waals surface area contributed by atoms with Crippen LogP contribution in [0, 0.1) is 11.7 Å². The SMILES string of the molecule is CC1CN(C(CN)c2ccc(F)cc2Br)CC1N(C)C. The van der Waals surface area contributed by atoms with E-state index in [0.717, 1.165) is 23.1 Å². The average Bonchev–Trinajstić information content (AvgIpc) is 2.75. The third-order valence-electron chi connectivity index (χ3n) is 4.25. The van der Waals surface area contributed by atoms with Crippen molar-refractivity contribution in [3.05, 3.63) is 34.1 Å². The minimum absolute atomic E-state index is 0.136. The van der Waals surface area contributed by atoms with Crippen LogP contribution >= 0.6 is 15.9 Å². The number of halogens is 2. The third kappa shape index (κ3) is 3.22. The van der Waals surface area contributed by atoms with Gasteiger partial charge in [-0.05, 0) is 37.7 Å². The smallest absolute Gasteiger partial charge is 0.124 e. The lowest BCUT2D eigenvalue weighted by Crippen LogP contribution is -2.36. The van der Waals surface area contributed by atoms with Crippen LogP contribution in [0.1, 0.15) is 18.5 Å². The lowest BCUT2D eigenvalue weighted by molar-refractivity contribution is 0.219. The molecule has 2 N–H and O–H groups in total. The first-order valence-corrected chi connectivity index (χ1v) is 7.78. The first-order valence-electron chi connectivity index (χ1n) is 6.99. The van der Waals surface area contributed by atoms with Gasteiger partial charge in [0, 0.05) is 36.2 Å². The summed E-state index contributed by atoms with van der Waals surface area (Å²) in [5, 5.41) is 0. The molecule has 3 atom stereocenters. The molecule has 0 radical (unpaired) electrons. The molecular formula is C15H23BrFN3. The summed E-state index contributed by atoms with van der Waals surface area (Å²) in [4.78, 5) is 4.69. The van der Waals surface area contributed by atoms with Crippen molar-refractivity contribution in [2.45, 2.75) is 19.0 Å². The fourth-order valence-electron chi connectivity index (χ4n) is 3.16. The van der Waals surface area contributed by atoms with Gasteiger partial charge in [0.05, 0.1) is 0 Å². The summed E-state index contributed by atoms with van der Waals surface area (Å²) < 4.78 is 14.0. The van der Waals surface area contributed by atoms with Crippen LogP contribution in [0.5, 0.6) is 0 Å². The lowest BCUT2D eigenvalue weighted by Gasteiger charge is -2.28. The molecule has 0 amide bonds. The van der Waals surface area contributed by atoms with Crippen molar-refractivity contribution in [1.82, 2.24) is 9.80 Å². The Hall–Kier alpha value is -0.490. The molecule has 0 saturated carbocycles. The highest BCUT2D eigenvalue weighted by Crippen LogP contribution is 2.32. The Balaban J connectivity index is 2.21. The Morgan fingerprint density at radius 1 is 1.45 bits per heavy atom. The summed E-state index contributed by atoms with van der Waals surface area (Å²) in [5.74, 6) is 0.385. The maximum Gasteiger partial charge on any atom is 0.124 e. The van der Waals surface area contributed by atoms with Gasteiger partial charge < -0.3 is 10.6 Å². The molecule has 1 aliphatic heterocycles. The lowest BCUT2D eigenvalue weighted by atomic mass is 10.1. The quantitative estimate of drug-likeness (QED) is 0.911. The second kappa shape index (κ2) is 6.52. The number of nitrogens with two attached hydrogens (primary N) is 1. The molecule has 1 aromatic carbocycles. The summed E-state index contributed by atoms with van der Waals surface area (Å²) in [5.41, 5.74) is 7.06. The van der Waals surface area contributed by atoms with E-state index in [2.05, 4.69) is 46.7 Å². The monoisotopic (exact) mass is 343 g/mol. The molecule has 1 aliphatic rings. The second-order valence-electron chi connectivity index (χ2n) is 5.88. The van der Waals surface area contributed by atoms with Crippen LogP contribution in [-0.2, 0) is 0 Å². The van der Waals surface area contributed by atoms with E-state index in [1.54, 1.807) is 0 Å². The minimum atomic E-state index is -0.225. The number of benzene rings is 1. The first-order chi connectivity index (χ1) is 9.43. The van der Waals surface area contributed by atoms with Crippen LogP contribution in [0.3, 0.4) is 0 Å². The van der Waals surface area contributed by atoms with Crippen molar-refractivity contribution in [3.63, 3.8) is 0 Å². The number of likely N-dealkylation sites (N-methyl/N-ethyl adjacent to an activating group) is 1. The third-order valence-corrected chi connectivity index (χ3v) is 4.94. The Morgan fingerprint density at radius 3 is 2.65 bits per heavy atom. The molecule has 3 unspecified atom stereocenters. The zero-order chi connectivity index (χ0) is 14.9. The largest absolute Gasteiger partial charge is 0.329 e. The molecule has 3 nitrogen and oxygen atoms in total. The summed E-state index contributed by atoms with van der Waals surface area (Å²) in [7, 11) is 4.24. The second-order valence-corrected chi connectivity index (χ2v) is 6.73. The number of nitrogens with zero attached hydrogens (tertiary/aromatic N) is 2. The zero-order valence-corrected chi connectivity index (χ0v) is 13.9. The molecule has 0 aromatic heterocycles. The van der Waals surface area contributed by atoms with Crippen LogP contribution < -0.4 is 5.73 Å². The maximum absolute atomic E-state index is 13.2. The van der Waals surface area contributed by atoms with Crippen molar-refractivity contribution in [2.24, 2.45) is 11.7 Å². The molecule has 1 heterocycles. The van der Waals surface area contributed by atoms with E-state index in [1.807, 2.05) is 6.07 Å². The molecule has 1 fully saturated rings. The van der Waals surface area contributed by atoms with Crippen molar-refractivity contribution in [1.29, 1.82) is 0 Å². The van der Waals surface area contributed by atoms with E-state index in [1.165, 1.54) is 12.1 Å². The number of hydrogen-bond donors (Lipinski definition) is 1. The highest BCUT2D eigenvalue weighted by atomic mass is 79.9. The molecule has 112 valence electrons. The fourth-order valence-corrected chi connectivity index (χ4v) is 3.77. The van der Waals surface area contributed by atoms with E-state index in [-0.39, 0.29) is 11.9 Å². The predicted molar refractivity (Wildman–Crippen MR) is 84.1 cm³/mol. The summed E-state index contributed by atoms with van der Waals surface area (Å²) in [6, 6.07) is 5.54. The first kappa shape index (κ1) is 15.9. The van der Waals surface area contributed by atoms with Gasteiger partial charge in [-0.3, -0.25) is 4.90 Å². The number of hydrogen-bond acceptors (Lipinski definition) is 3. The molecule has 1 saturated heterocycles. The highest BCUT2D eigenvalue weighted by molar-refractivity contribution is 9.10. The zero-order valence-electron chi connectivity index (χ0n) is 12.3. The van der Waals surface area contributed by atoms with E-state index < -0.39 is 0 Å². The van der Waals surface area contributed by atoms with Crippen molar-refractivity contribution < 1.29 is 4.39 Å². The molecule has 0 bridgehead atoms.